The molecule has 0 aliphatic heterocycles. The molecule has 0 bridgehead atoms. The Labute approximate surface area is 141 Å². The molecule has 1 nitrogen and oxygen atoms in total. The minimum Gasteiger partial charge on any atom is -0.381 e. The Morgan fingerprint density at radius 1 is 0.773 bits per heavy atom. The van der Waals surface area contributed by atoms with Crippen molar-refractivity contribution in [1.29, 1.82) is 0 Å². The van der Waals surface area contributed by atoms with Crippen LogP contribution in [0.15, 0.2) is 0 Å². The third-order valence-corrected chi connectivity index (χ3v) is 14.0. The second-order valence-corrected chi connectivity index (χ2v) is 14.8. The third-order valence-electron chi connectivity index (χ3n) is 6.48. The minimum atomic E-state index is -1.26. The van der Waals surface area contributed by atoms with Crippen LogP contribution in [0.3, 0.4) is 0 Å². The molecule has 22 heavy (non-hydrogen) atoms. The molecular formula is C20H42OSi. The first-order chi connectivity index (χ1) is 10.4. The van der Waals surface area contributed by atoms with Gasteiger partial charge in [-0.2, -0.15) is 0 Å². The first kappa shape index (κ1) is 20.2. The van der Waals surface area contributed by atoms with Gasteiger partial charge in [-0.15, -0.1) is 0 Å². The van der Waals surface area contributed by atoms with Crippen LogP contribution in [0.5, 0.6) is 0 Å². The SMILES string of the molecule is CC(C)[Si](CCOCC1CCCCCCC1)(C(C)C)C(C)C. The van der Waals surface area contributed by atoms with Crippen molar-refractivity contribution in [2.45, 2.75) is 109 Å². The topological polar surface area (TPSA) is 9.23 Å². The molecule has 0 spiro atoms. The van der Waals surface area contributed by atoms with Gasteiger partial charge in [0.1, 0.15) is 0 Å². The molecule has 2 heteroatoms. The zero-order valence-electron chi connectivity index (χ0n) is 16.3. The van der Waals surface area contributed by atoms with Crippen LogP contribution in [0.1, 0.15) is 86.5 Å². The maximum atomic E-state index is 6.21. The van der Waals surface area contributed by atoms with Gasteiger partial charge in [-0.1, -0.05) is 90.3 Å². The highest BCUT2D eigenvalue weighted by molar-refractivity contribution is 6.83. The summed E-state index contributed by atoms with van der Waals surface area (Å²) in [6.07, 6.45) is 10.0. The predicted octanol–water partition coefficient (Wildman–Crippen LogP) is 7.04. The molecule has 0 radical (unpaired) electrons. The van der Waals surface area contributed by atoms with E-state index >= 15 is 0 Å². The van der Waals surface area contributed by atoms with Gasteiger partial charge < -0.3 is 4.74 Å². The molecule has 1 rings (SSSR count). The van der Waals surface area contributed by atoms with Crippen LogP contribution >= 0.6 is 0 Å². The van der Waals surface area contributed by atoms with Crippen molar-refractivity contribution in [2.24, 2.45) is 5.92 Å². The molecule has 0 atom stereocenters. The standard InChI is InChI=1S/C20H42OSi/c1-17(2)22(18(3)4,19(5)6)15-14-21-16-20-12-10-8-7-9-11-13-20/h17-20H,7-16H2,1-6H3. The molecule has 0 heterocycles. The van der Waals surface area contributed by atoms with Crippen LogP contribution in [0.4, 0.5) is 0 Å². The maximum absolute atomic E-state index is 6.21. The van der Waals surface area contributed by atoms with E-state index in [1.807, 2.05) is 0 Å². The average molecular weight is 327 g/mol. The fourth-order valence-corrected chi connectivity index (χ4v) is 11.3. The van der Waals surface area contributed by atoms with Crippen LogP contribution in [0, 0.1) is 5.92 Å². The van der Waals surface area contributed by atoms with Gasteiger partial charge in [0, 0.05) is 13.2 Å². The summed E-state index contributed by atoms with van der Waals surface area (Å²) in [6.45, 7) is 16.8. The smallest absolute Gasteiger partial charge is 0.0635 e. The summed E-state index contributed by atoms with van der Waals surface area (Å²) in [7, 11) is -1.26. The Hall–Kier alpha value is 0.177. The predicted molar refractivity (Wildman–Crippen MR) is 102 cm³/mol. The third kappa shape index (κ3) is 5.67. The lowest BCUT2D eigenvalue weighted by Crippen LogP contribution is -2.45. The van der Waals surface area contributed by atoms with E-state index in [2.05, 4.69) is 41.5 Å². The highest BCUT2D eigenvalue weighted by atomic mass is 28.3. The number of ether oxygens (including phenoxy) is 1. The van der Waals surface area contributed by atoms with Gasteiger partial charge in [0.15, 0.2) is 0 Å². The van der Waals surface area contributed by atoms with Crippen molar-refractivity contribution >= 4 is 8.07 Å². The monoisotopic (exact) mass is 326 g/mol. The molecule has 1 aliphatic rings. The van der Waals surface area contributed by atoms with Crippen molar-refractivity contribution in [3.05, 3.63) is 0 Å². The van der Waals surface area contributed by atoms with Crippen molar-refractivity contribution in [2.75, 3.05) is 13.2 Å². The number of hydrogen-bond donors (Lipinski definition) is 0. The van der Waals surface area contributed by atoms with E-state index in [1.54, 1.807) is 0 Å². The summed E-state index contributed by atoms with van der Waals surface area (Å²) in [5.74, 6) is 0.841. The normalized spacial score (nSPS) is 19.0. The van der Waals surface area contributed by atoms with E-state index in [4.69, 9.17) is 4.74 Å². The Morgan fingerprint density at radius 2 is 1.23 bits per heavy atom. The van der Waals surface area contributed by atoms with Crippen LogP contribution in [-0.2, 0) is 4.74 Å². The highest BCUT2D eigenvalue weighted by Crippen LogP contribution is 2.44. The van der Waals surface area contributed by atoms with Crippen LogP contribution in [0.25, 0.3) is 0 Å². The van der Waals surface area contributed by atoms with Crippen LogP contribution in [0.2, 0.25) is 22.7 Å². The lowest BCUT2D eigenvalue weighted by molar-refractivity contribution is 0.0981. The Bertz CT molecular complexity index is 256. The van der Waals surface area contributed by atoms with Crippen LogP contribution < -0.4 is 0 Å². The van der Waals surface area contributed by atoms with Gasteiger partial charge in [-0.3, -0.25) is 0 Å². The van der Waals surface area contributed by atoms with E-state index in [1.165, 1.54) is 51.0 Å². The molecule has 1 saturated carbocycles. The van der Waals surface area contributed by atoms with E-state index in [0.717, 1.165) is 35.8 Å². The molecule has 0 N–H and O–H groups in total. The molecule has 0 saturated heterocycles. The van der Waals surface area contributed by atoms with Crippen LogP contribution in [-0.4, -0.2) is 21.3 Å². The fraction of sp³-hybridized carbons (Fsp3) is 1.00. The van der Waals surface area contributed by atoms with Crippen molar-refractivity contribution in [3.63, 3.8) is 0 Å². The average Bonchev–Trinajstić information content (AvgIpc) is 2.39. The molecule has 0 unspecified atom stereocenters. The van der Waals surface area contributed by atoms with Gasteiger partial charge in [-0.25, -0.2) is 0 Å². The van der Waals surface area contributed by atoms with E-state index < -0.39 is 8.07 Å². The minimum absolute atomic E-state index is 0.841. The van der Waals surface area contributed by atoms with Gasteiger partial charge in [-0.05, 0) is 24.8 Å². The summed E-state index contributed by atoms with van der Waals surface area (Å²) in [5.41, 5.74) is 2.58. The molecule has 0 aromatic heterocycles. The highest BCUT2D eigenvalue weighted by Gasteiger charge is 2.41. The summed E-state index contributed by atoms with van der Waals surface area (Å²) in [4.78, 5) is 0. The molecular weight excluding hydrogens is 284 g/mol. The number of hydrogen-bond acceptors (Lipinski definition) is 1. The molecule has 1 aliphatic carbocycles. The Kier molecular flexibility index (Phi) is 9.31. The Balaban J connectivity index is 2.42. The first-order valence-corrected chi connectivity index (χ1v) is 12.4. The summed E-state index contributed by atoms with van der Waals surface area (Å²) in [5, 5.41) is 0. The Morgan fingerprint density at radius 3 is 1.68 bits per heavy atom. The van der Waals surface area contributed by atoms with E-state index in [0.29, 0.717) is 0 Å². The van der Waals surface area contributed by atoms with Crippen molar-refractivity contribution in [3.8, 4) is 0 Å². The molecule has 0 amide bonds. The van der Waals surface area contributed by atoms with Gasteiger partial charge in [0.2, 0.25) is 0 Å². The molecule has 132 valence electrons. The van der Waals surface area contributed by atoms with Crippen molar-refractivity contribution in [1.82, 2.24) is 0 Å². The maximum Gasteiger partial charge on any atom is 0.0635 e. The van der Waals surface area contributed by atoms with E-state index in [9.17, 15) is 0 Å². The lowest BCUT2D eigenvalue weighted by Gasteiger charge is -2.43. The summed E-state index contributed by atoms with van der Waals surface area (Å²) < 4.78 is 6.21. The second-order valence-electron chi connectivity index (χ2n) is 8.61. The lowest BCUT2D eigenvalue weighted by atomic mass is 9.92. The van der Waals surface area contributed by atoms with Gasteiger partial charge >= 0.3 is 0 Å². The van der Waals surface area contributed by atoms with Gasteiger partial charge in [0.25, 0.3) is 0 Å². The van der Waals surface area contributed by atoms with Gasteiger partial charge in [0.05, 0.1) is 8.07 Å². The zero-order valence-corrected chi connectivity index (χ0v) is 17.3. The largest absolute Gasteiger partial charge is 0.381 e. The fourth-order valence-electron chi connectivity index (χ4n) is 5.07. The first-order valence-electron chi connectivity index (χ1n) is 9.99. The molecule has 0 aromatic carbocycles. The summed E-state index contributed by atoms with van der Waals surface area (Å²) in [6, 6.07) is 1.35. The second kappa shape index (κ2) is 10.1. The molecule has 0 aromatic rings. The number of rotatable bonds is 8. The van der Waals surface area contributed by atoms with Crippen molar-refractivity contribution < 1.29 is 4.74 Å². The molecule has 1 fully saturated rings. The van der Waals surface area contributed by atoms with E-state index in [-0.39, 0.29) is 0 Å². The zero-order chi connectivity index (χ0) is 16.6. The summed E-state index contributed by atoms with van der Waals surface area (Å²) >= 11 is 0. The quantitative estimate of drug-likeness (QED) is 0.343.